The number of rotatable bonds is 36. The molecular weight excluding hydrogens is 1780 g/mol. The van der Waals surface area contributed by atoms with E-state index in [-0.39, 0.29) is 0 Å². The minimum absolute atomic E-state index is 0.860. The van der Waals surface area contributed by atoms with Crippen molar-refractivity contribution in [1.29, 1.82) is 0 Å². The summed E-state index contributed by atoms with van der Waals surface area (Å²) in [6, 6.07) is -4.00. The van der Waals surface area contributed by atoms with E-state index in [9.17, 15) is 193 Å². The standard InChI is InChI=1S/C70H116N2O57/c1-15(83)71-29-36(95)32(91)23(9-77)111-59(29)123-55-41(100)40(99)47(18(86)5-73)117-65(55)125-57-56(124-63-45(104)42(101)52(28(14-82)116-63)120-64-46(105)54(35(94)26(12-80)114-64)122-60-30(72-16(2)84)37(96)51(27(13-81)115-60)119-61-43(102)38(97)33(92)24(10-78)112-61)49(20(88)7-75)118-66(58(57)126-62-44(103)39(98)34(93)25(11-79)113-62)121-53-22(4-69(110,67(106)107)128-50(53)21(89)8-76)127-70(68(108)109)3-17(85)31(90)48(129-70)19(87)6-74/h17-66,73-82,85-105,110H,3-14H2,1-2H3,(H,71,83)(H,72,84)(H,106,107)(H,108,109)/t17-,18+,19-,20+,21-,22-,23-,24-,25-,26-,27-,28-,29-,30-,31-,32-,33+,34-,35+,36-,37-,38-,39+,40+,41+,42-,43-,44-,45-,46-,47-,48-,49-,50-,51-,52-,53-,54+,55+,56-,57+,58+,59-,60+,61+,62+,63+,64+,65-,66-,69-,70-/m1/s1. The van der Waals surface area contributed by atoms with E-state index < -0.39 is 421 Å². The molecule has 10 heterocycles. The largest absolute Gasteiger partial charge is 0.477 e. The highest BCUT2D eigenvalue weighted by Gasteiger charge is 2.67. The molecule has 59 heteroatoms. The summed E-state index contributed by atoms with van der Waals surface area (Å²) in [5.41, 5.74) is 0. The van der Waals surface area contributed by atoms with Gasteiger partial charge in [0.1, 0.15) is 244 Å². The van der Waals surface area contributed by atoms with Gasteiger partial charge in [0.2, 0.25) is 11.8 Å². The van der Waals surface area contributed by atoms with Crippen molar-refractivity contribution in [2.45, 2.75) is 345 Å². The zero-order valence-corrected chi connectivity index (χ0v) is 67.9. The summed E-state index contributed by atoms with van der Waals surface area (Å²) in [6.45, 7) is -11.7. The van der Waals surface area contributed by atoms with Crippen LogP contribution in [0.1, 0.15) is 26.7 Å². The maximum absolute atomic E-state index is 13.7. The number of carbonyl (C=O) groups is 4. The molecule has 2 amide bonds. The lowest BCUT2D eigenvalue weighted by Gasteiger charge is -2.54. The van der Waals surface area contributed by atoms with E-state index in [1.54, 1.807) is 0 Å². The summed E-state index contributed by atoms with van der Waals surface area (Å²) in [6.07, 6.45) is -120. The van der Waals surface area contributed by atoms with Crippen LogP contribution in [-0.4, -0.2) is 582 Å². The second-order valence-electron chi connectivity index (χ2n) is 32.3. The first-order valence-corrected chi connectivity index (χ1v) is 40.5. The van der Waals surface area contributed by atoms with Crippen molar-refractivity contribution in [2.75, 3.05) is 66.1 Å². The summed E-state index contributed by atoms with van der Waals surface area (Å²) < 4.78 is 114. The molecule has 0 bridgehead atoms. The van der Waals surface area contributed by atoms with Crippen LogP contribution in [0.25, 0.3) is 0 Å². The molecule has 0 aromatic heterocycles. The Bertz CT molecular complexity index is 3520. The number of aliphatic hydroxyl groups excluding tert-OH is 31. The molecule has 10 saturated heterocycles. The van der Waals surface area contributed by atoms with Crippen LogP contribution in [0.4, 0.5) is 0 Å². The van der Waals surface area contributed by atoms with Crippen LogP contribution in [0.2, 0.25) is 0 Å². The predicted molar refractivity (Wildman–Crippen MR) is 387 cm³/mol. The number of aliphatic carboxylic acids is 2. The van der Waals surface area contributed by atoms with Crippen LogP contribution in [0.5, 0.6) is 0 Å². The molecule has 10 aliphatic rings. The van der Waals surface area contributed by atoms with Gasteiger partial charge in [-0.05, 0) is 0 Å². The van der Waals surface area contributed by atoms with Crippen LogP contribution in [0, 0.1) is 0 Å². The van der Waals surface area contributed by atoms with E-state index in [0.29, 0.717) is 0 Å². The zero-order valence-electron chi connectivity index (χ0n) is 67.9. The van der Waals surface area contributed by atoms with E-state index in [1.165, 1.54) is 0 Å². The average molecular weight is 1900 g/mol. The lowest BCUT2D eigenvalue weighted by Crippen LogP contribution is -2.72. The Morgan fingerprint density at radius 1 is 0.310 bits per heavy atom. The molecule has 10 fully saturated rings. The molecule has 0 radical (unpaired) electrons. The van der Waals surface area contributed by atoms with Crippen LogP contribution in [0.3, 0.4) is 0 Å². The number of nitrogens with one attached hydrogen (secondary N) is 2. The third-order valence-electron chi connectivity index (χ3n) is 23.6. The van der Waals surface area contributed by atoms with Crippen molar-refractivity contribution in [3.63, 3.8) is 0 Å². The number of carboxylic acids is 2. The first-order chi connectivity index (χ1) is 60.8. The smallest absolute Gasteiger partial charge is 0.364 e. The van der Waals surface area contributed by atoms with E-state index >= 15 is 0 Å². The van der Waals surface area contributed by atoms with Gasteiger partial charge in [0.25, 0.3) is 11.6 Å². The topological polar surface area (TPSA) is 956 Å². The average Bonchev–Trinajstić information content (AvgIpc) is 0.745. The molecule has 0 unspecified atom stereocenters. The monoisotopic (exact) mass is 1900 g/mol. The summed E-state index contributed by atoms with van der Waals surface area (Å²) in [7, 11) is 0. The van der Waals surface area contributed by atoms with Crippen molar-refractivity contribution >= 4 is 23.8 Å². The molecule has 748 valence electrons. The Kier molecular flexibility index (Phi) is 37.6. The molecule has 36 N–H and O–H groups in total. The molecule has 129 heavy (non-hydrogen) atoms. The van der Waals surface area contributed by atoms with Gasteiger partial charge in [-0.3, -0.25) is 9.59 Å². The van der Waals surface area contributed by atoms with Gasteiger partial charge >= 0.3 is 11.9 Å². The van der Waals surface area contributed by atoms with Gasteiger partial charge in [-0.1, -0.05) is 0 Å². The summed E-state index contributed by atoms with van der Waals surface area (Å²) in [5.74, 6) is -14.2. The van der Waals surface area contributed by atoms with Gasteiger partial charge in [0, 0.05) is 26.7 Å². The Morgan fingerprint density at radius 3 is 1.15 bits per heavy atom. The highest BCUT2D eigenvalue weighted by Crippen LogP contribution is 2.46. The first-order valence-electron chi connectivity index (χ1n) is 40.5. The van der Waals surface area contributed by atoms with Crippen LogP contribution >= 0.6 is 0 Å². The van der Waals surface area contributed by atoms with Crippen molar-refractivity contribution in [2.24, 2.45) is 0 Å². The van der Waals surface area contributed by atoms with E-state index in [0.717, 1.165) is 13.8 Å². The number of aliphatic hydroxyl groups is 32. The zero-order chi connectivity index (χ0) is 95.5. The molecular formula is C70H116N2O57. The number of amides is 2. The Balaban J connectivity index is 1.09. The van der Waals surface area contributed by atoms with Crippen molar-refractivity contribution in [3.05, 3.63) is 0 Å². The number of carboxylic acid groups (broad SMARTS) is 2. The van der Waals surface area contributed by atoms with Crippen molar-refractivity contribution < 1.29 is 283 Å². The summed E-state index contributed by atoms with van der Waals surface area (Å²) in [4.78, 5) is 52.6. The molecule has 0 aliphatic carbocycles. The van der Waals surface area contributed by atoms with Crippen LogP contribution < -0.4 is 10.6 Å². The second kappa shape index (κ2) is 45.4. The molecule has 59 nitrogen and oxygen atoms in total. The molecule has 0 aromatic rings. The lowest BCUT2D eigenvalue weighted by molar-refractivity contribution is -0.433. The number of ether oxygens (including phenoxy) is 19. The summed E-state index contributed by atoms with van der Waals surface area (Å²) in [5, 5.41) is 386. The summed E-state index contributed by atoms with van der Waals surface area (Å²) >= 11 is 0. The number of hydrogen-bond donors (Lipinski definition) is 36. The Morgan fingerprint density at radius 2 is 0.667 bits per heavy atom. The van der Waals surface area contributed by atoms with Crippen LogP contribution in [0.15, 0.2) is 0 Å². The maximum Gasteiger partial charge on any atom is 0.364 e. The minimum Gasteiger partial charge on any atom is -0.477 e. The highest BCUT2D eigenvalue weighted by molar-refractivity contribution is 5.77. The third kappa shape index (κ3) is 22.7. The molecule has 0 spiro atoms. The van der Waals surface area contributed by atoms with Gasteiger partial charge in [-0.2, -0.15) is 0 Å². The highest BCUT2D eigenvalue weighted by atomic mass is 16.8. The fourth-order valence-corrected chi connectivity index (χ4v) is 16.6. The fourth-order valence-electron chi connectivity index (χ4n) is 16.6. The van der Waals surface area contributed by atoms with E-state index in [1.807, 2.05) is 0 Å². The molecule has 10 rings (SSSR count). The maximum atomic E-state index is 13.7. The van der Waals surface area contributed by atoms with Gasteiger partial charge in [0.05, 0.1) is 78.3 Å². The second-order valence-corrected chi connectivity index (χ2v) is 32.3. The Labute approximate surface area is 726 Å². The van der Waals surface area contributed by atoms with Gasteiger partial charge in [-0.25, -0.2) is 9.59 Å². The molecule has 0 saturated carbocycles. The quantitative estimate of drug-likeness (QED) is 0.0277. The third-order valence-corrected chi connectivity index (χ3v) is 23.6. The fraction of sp³-hybridized carbons (Fsp3) is 0.943. The minimum atomic E-state index is -3.81. The SMILES string of the molecule is CC(=O)N[C@H]1[C@H](O[C@H]2[C@@H](O)[C@@H](CO)O[C@@H](O[C@H]3[C@H](O)[C@@H](O)[C@H](O[C@H]4[C@H](O[C@H]5O[C@H]([C@@H](O)CO)[C@@H](O)[C@H](O)[C@@H]5O[C@H]5O[C@H](CO)[C@@H](O)[C@H](O)[C@H]5NC(C)=O)[C@H](O[C@@H]5O[C@H](CO)[C@@H](O)[C@H](O)[C@H]5O)[C@@H](O[C@H]5[C@@H]([C@H](O)CO)O[C@@](O)(C(=O)O)C[C@H]5O[C@]5(C(=O)O)C[C@@H](O)[C@@H](O)[C@@H]([C@H](O)CO)O5)O[C@@H]4[C@@H](O)CO)O[C@@H]3CO)[C@@H]2O)O[C@H](CO)[C@@H](O[C@@H]2O[C@H](CO)[C@H](O)[C@@H](O)[C@H]2O)[C@@H]1O. The van der Waals surface area contributed by atoms with Gasteiger partial charge in [0.15, 0.2) is 50.3 Å². The molecule has 0 aromatic carbocycles. The number of hydrogen-bond acceptors (Lipinski definition) is 55. The molecule has 10 aliphatic heterocycles. The van der Waals surface area contributed by atoms with Gasteiger partial charge in [-0.15, -0.1) is 0 Å². The molecule has 52 atom stereocenters. The van der Waals surface area contributed by atoms with Crippen LogP contribution in [-0.2, 0) is 109 Å². The number of carbonyl (C=O) groups excluding carboxylic acids is 2. The Hall–Kier alpha value is -4.16. The van der Waals surface area contributed by atoms with E-state index in [2.05, 4.69) is 10.6 Å². The van der Waals surface area contributed by atoms with Gasteiger partial charge < -0.3 is 274 Å². The van der Waals surface area contributed by atoms with Crippen molar-refractivity contribution in [3.8, 4) is 0 Å². The predicted octanol–water partition coefficient (Wildman–Crippen LogP) is -24.1. The van der Waals surface area contributed by atoms with Crippen molar-refractivity contribution in [1.82, 2.24) is 10.6 Å². The first kappa shape index (κ1) is 107. The lowest BCUT2D eigenvalue weighted by atomic mass is 9.89. The normalized spacial score (nSPS) is 48.7. The van der Waals surface area contributed by atoms with E-state index in [4.69, 9.17) is 90.0 Å².